The van der Waals surface area contributed by atoms with Crippen molar-refractivity contribution >= 4 is 33.8 Å². The van der Waals surface area contributed by atoms with E-state index in [0.29, 0.717) is 16.4 Å². The fraction of sp³-hybridized carbons (Fsp3) is 0.125. The number of carbonyl (C=O) groups is 1. The predicted octanol–water partition coefficient (Wildman–Crippen LogP) is 3.33. The monoisotopic (exact) mass is 372 g/mol. The van der Waals surface area contributed by atoms with Crippen molar-refractivity contribution in [1.29, 1.82) is 0 Å². The van der Waals surface area contributed by atoms with E-state index in [4.69, 9.17) is 11.6 Å². The molecule has 7 nitrogen and oxygen atoms in total. The number of imidazole rings is 1. The molecule has 25 heavy (non-hydrogen) atoms. The van der Waals surface area contributed by atoms with Crippen LogP contribution in [0.1, 0.15) is 29.1 Å². The average molecular weight is 373 g/mol. The van der Waals surface area contributed by atoms with Gasteiger partial charge in [0, 0.05) is 10.6 Å². The Morgan fingerprint density at radius 3 is 2.92 bits per heavy atom. The SMILES string of the molecule is C[C@@H](NC(=O)c1cc(-c2ccc(Cl)cc2)n[nH]1)c1cn2ncsc2n1. The lowest BCUT2D eigenvalue weighted by molar-refractivity contribution is 0.0934. The van der Waals surface area contributed by atoms with Gasteiger partial charge in [0.2, 0.25) is 4.96 Å². The predicted molar refractivity (Wildman–Crippen MR) is 95.8 cm³/mol. The van der Waals surface area contributed by atoms with E-state index in [1.165, 1.54) is 11.3 Å². The van der Waals surface area contributed by atoms with Crippen LogP contribution in [0.2, 0.25) is 5.02 Å². The Morgan fingerprint density at radius 1 is 1.36 bits per heavy atom. The first-order valence-electron chi connectivity index (χ1n) is 7.51. The third-order valence-electron chi connectivity index (χ3n) is 3.76. The summed E-state index contributed by atoms with van der Waals surface area (Å²) in [6.07, 6.45) is 1.81. The molecule has 126 valence electrons. The highest BCUT2D eigenvalue weighted by Gasteiger charge is 2.17. The van der Waals surface area contributed by atoms with Crippen LogP contribution in [0.3, 0.4) is 0 Å². The van der Waals surface area contributed by atoms with Gasteiger partial charge in [-0.2, -0.15) is 10.2 Å². The van der Waals surface area contributed by atoms with Crippen LogP contribution in [0.4, 0.5) is 0 Å². The van der Waals surface area contributed by atoms with Gasteiger partial charge in [-0.25, -0.2) is 9.50 Å². The van der Waals surface area contributed by atoms with Gasteiger partial charge in [0.1, 0.15) is 11.2 Å². The highest BCUT2D eigenvalue weighted by Crippen LogP contribution is 2.21. The summed E-state index contributed by atoms with van der Waals surface area (Å²) in [6, 6.07) is 8.74. The Bertz CT molecular complexity index is 1010. The van der Waals surface area contributed by atoms with Crippen molar-refractivity contribution in [3.8, 4) is 11.3 Å². The minimum atomic E-state index is -0.247. The maximum atomic E-state index is 12.4. The number of fused-ring (bicyclic) bond motifs is 1. The van der Waals surface area contributed by atoms with Crippen molar-refractivity contribution in [3.05, 3.63) is 58.4 Å². The zero-order chi connectivity index (χ0) is 17.4. The molecule has 1 amide bonds. The van der Waals surface area contributed by atoms with Crippen LogP contribution in [-0.2, 0) is 0 Å². The van der Waals surface area contributed by atoms with Crippen molar-refractivity contribution in [1.82, 2.24) is 30.1 Å². The van der Waals surface area contributed by atoms with Gasteiger partial charge in [-0.05, 0) is 25.1 Å². The van der Waals surface area contributed by atoms with Crippen LogP contribution in [0, 0.1) is 0 Å². The molecule has 0 aliphatic carbocycles. The summed E-state index contributed by atoms with van der Waals surface area (Å²) < 4.78 is 1.69. The molecule has 9 heteroatoms. The number of rotatable bonds is 4. The second-order valence-electron chi connectivity index (χ2n) is 5.50. The summed E-state index contributed by atoms with van der Waals surface area (Å²) >= 11 is 7.33. The molecule has 0 saturated heterocycles. The first-order chi connectivity index (χ1) is 12.1. The molecule has 2 N–H and O–H groups in total. The van der Waals surface area contributed by atoms with Crippen molar-refractivity contribution < 1.29 is 4.79 Å². The van der Waals surface area contributed by atoms with Crippen LogP contribution < -0.4 is 5.32 Å². The van der Waals surface area contributed by atoms with E-state index in [9.17, 15) is 4.79 Å². The van der Waals surface area contributed by atoms with Crippen molar-refractivity contribution in [2.45, 2.75) is 13.0 Å². The lowest BCUT2D eigenvalue weighted by atomic mass is 10.1. The second-order valence-corrected chi connectivity index (χ2v) is 6.75. The molecule has 4 rings (SSSR count). The lowest BCUT2D eigenvalue weighted by Crippen LogP contribution is -2.27. The third kappa shape index (κ3) is 3.13. The van der Waals surface area contributed by atoms with Crippen molar-refractivity contribution in [3.63, 3.8) is 0 Å². The van der Waals surface area contributed by atoms with E-state index < -0.39 is 0 Å². The van der Waals surface area contributed by atoms with Crippen LogP contribution in [0.15, 0.2) is 42.0 Å². The molecule has 3 heterocycles. The van der Waals surface area contributed by atoms with E-state index in [1.54, 1.807) is 28.2 Å². The van der Waals surface area contributed by atoms with E-state index >= 15 is 0 Å². The number of aromatic nitrogens is 5. The number of amides is 1. The van der Waals surface area contributed by atoms with Crippen molar-refractivity contribution in [2.75, 3.05) is 0 Å². The number of hydrogen-bond donors (Lipinski definition) is 2. The Kier molecular flexibility index (Phi) is 3.98. The number of carbonyl (C=O) groups excluding carboxylic acids is 1. The van der Waals surface area contributed by atoms with Gasteiger partial charge >= 0.3 is 0 Å². The quantitative estimate of drug-likeness (QED) is 0.575. The lowest BCUT2D eigenvalue weighted by Gasteiger charge is -2.09. The van der Waals surface area contributed by atoms with Gasteiger partial charge in [0.25, 0.3) is 5.91 Å². The van der Waals surface area contributed by atoms with Crippen LogP contribution in [0.25, 0.3) is 16.2 Å². The standard InChI is InChI=1S/C16H13ClN6OS/c1-9(14-7-23-16(20-14)25-8-18-23)19-15(24)13-6-12(21-22-13)10-2-4-11(17)5-3-10/h2-9H,1H3,(H,19,24)(H,21,22)/t9-/m1/s1. The Hall–Kier alpha value is -2.71. The Labute approximate surface area is 151 Å². The summed E-state index contributed by atoms with van der Waals surface area (Å²) in [5, 5.41) is 14.6. The number of benzene rings is 1. The molecule has 0 radical (unpaired) electrons. The number of aromatic amines is 1. The van der Waals surface area contributed by atoms with Gasteiger partial charge in [0.15, 0.2) is 0 Å². The zero-order valence-electron chi connectivity index (χ0n) is 13.1. The molecule has 0 unspecified atom stereocenters. The van der Waals surface area contributed by atoms with Gasteiger partial charge in [-0.15, -0.1) is 0 Å². The first kappa shape index (κ1) is 15.8. The first-order valence-corrected chi connectivity index (χ1v) is 8.77. The number of hydrogen-bond acceptors (Lipinski definition) is 5. The summed E-state index contributed by atoms with van der Waals surface area (Å²) in [4.78, 5) is 17.7. The van der Waals surface area contributed by atoms with E-state index in [-0.39, 0.29) is 11.9 Å². The maximum Gasteiger partial charge on any atom is 0.269 e. The van der Waals surface area contributed by atoms with Crippen LogP contribution >= 0.6 is 22.9 Å². The molecule has 0 aliphatic rings. The van der Waals surface area contributed by atoms with E-state index in [1.807, 2.05) is 25.3 Å². The Balaban J connectivity index is 1.49. The number of H-pyrrole nitrogens is 1. The minimum Gasteiger partial charge on any atom is -0.343 e. The molecule has 0 fully saturated rings. The molecule has 3 aromatic heterocycles. The zero-order valence-corrected chi connectivity index (χ0v) is 14.7. The highest BCUT2D eigenvalue weighted by molar-refractivity contribution is 7.14. The van der Waals surface area contributed by atoms with Crippen LogP contribution in [0.5, 0.6) is 0 Å². The fourth-order valence-corrected chi connectivity index (χ4v) is 3.15. The topological polar surface area (TPSA) is 88.0 Å². The third-order valence-corrected chi connectivity index (χ3v) is 4.70. The van der Waals surface area contributed by atoms with E-state index in [2.05, 4.69) is 25.6 Å². The number of halogens is 1. The van der Waals surface area contributed by atoms with Gasteiger partial charge < -0.3 is 5.32 Å². The van der Waals surface area contributed by atoms with E-state index in [0.717, 1.165) is 16.2 Å². The van der Waals surface area contributed by atoms with Crippen LogP contribution in [-0.4, -0.2) is 30.7 Å². The normalized spacial score (nSPS) is 12.4. The second kappa shape index (κ2) is 6.30. The smallest absolute Gasteiger partial charge is 0.269 e. The molecule has 1 aromatic carbocycles. The molecule has 4 aromatic rings. The molecule has 1 atom stereocenters. The molecular formula is C16H13ClN6OS. The molecule has 0 bridgehead atoms. The molecule has 0 aliphatic heterocycles. The molecular weight excluding hydrogens is 360 g/mol. The van der Waals surface area contributed by atoms with Gasteiger partial charge in [-0.1, -0.05) is 35.1 Å². The molecule has 0 spiro atoms. The molecule has 0 saturated carbocycles. The number of nitrogens with one attached hydrogen (secondary N) is 2. The Morgan fingerprint density at radius 2 is 2.16 bits per heavy atom. The summed E-state index contributed by atoms with van der Waals surface area (Å²) in [5.74, 6) is -0.246. The summed E-state index contributed by atoms with van der Waals surface area (Å²) in [6.45, 7) is 1.88. The highest BCUT2D eigenvalue weighted by atomic mass is 35.5. The van der Waals surface area contributed by atoms with Gasteiger partial charge in [0.05, 0.1) is 23.6 Å². The fourth-order valence-electron chi connectivity index (χ4n) is 2.42. The number of nitrogens with zero attached hydrogens (tertiary/aromatic N) is 4. The largest absolute Gasteiger partial charge is 0.343 e. The average Bonchev–Trinajstić information content (AvgIpc) is 3.31. The summed E-state index contributed by atoms with van der Waals surface area (Å²) in [7, 11) is 0. The minimum absolute atomic E-state index is 0.246. The maximum absolute atomic E-state index is 12.4. The summed E-state index contributed by atoms with van der Waals surface area (Å²) in [5.41, 5.74) is 4.42. The van der Waals surface area contributed by atoms with Crippen molar-refractivity contribution in [2.24, 2.45) is 0 Å². The van der Waals surface area contributed by atoms with Gasteiger partial charge in [-0.3, -0.25) is 9.89 Å².